The molecule has 5 N–H and O–H groups in total. The molecule has 1 aliphatic carbocycles. The highest BCUT2D eigenvalue weighted by atomic mass is 32.1. The second-order valence-electron chi connectivity index (χ2n) is 10.0. The fourth-order valence-electron chi connectivity index (χ4n) is 5.89. The quantitative estimate of drug-likeness (QED) is 0.532. The van der Waals surface area contributed by atoms with Crippen molar-refractivity contribution in [1.29, 1.82) is 0 Å². The van der Waals surface area contributed by atoms with Gasteiger partial charge in [-0.2, -0.15) is 0 Å². The average molecular weight is 478 g/mol. The van der Waals surface area contributed by atoms with Crippen molar-refractivity contribution in [1.82, 2.24) is 10.3 Å². The van der Waals surface area contributed by atoms with Crippen LogP contribution in [0.15, 0.2) is 30.3 Å². The lowest BCUT2D eigenvalue weighted by molar-refractivity contribution is 0.0920. The molecule has 178 valence electrons. The van der Waals surface area contributed by atoms with E-state index in [1.54, 1.807) is 0 Å². The number of hydrogen-bond donors (Lipinski definition) is 3. The van der Waals surface area contributed by atoms with E-state index in [1.807, 2.05) is 19.1 Å². The maximum Gasteiger partial charge on any atom is 0.263 e. The van der Waals surface area contributed by atoms with Crippen LogP contribution in [0.25, 0.3) is 10.2 Å². The van der Waals surface area contributed by atoms with E-state index < -0.39 is 0 Å². The minimum atomic E-state index is -0.163. The minimum Gasteiger partial charge on any atom is -0.491 e. The summed E-state index contributed by atoms with van der Waals surface area (Å²) in [5.74, 6) is 1.52. The molecule has 2 aliphatic heterocycles. The highest BCUT2D eigenvalue weighted by Crippen LogP contribution is 2.40. The Morgan fingerprint density at radius 3 is 3.00 bits per heavy atom. The number of aromatic nitrogens is 1. The molecule has 1 amide bonds. The van der Waals surface area contributed by atoms with Gasteiger partial charge in [-0.3, -0.25) is 4.79 Å². The second-order valence-corrected chi connectivity index (χ2v) is 11.0. The van der Waals surface area contributed by atoms with Gasteiger partial charge < -0.3 is 26.4 Å². The van der Waals surface area contributed by atoms with Gasteiger partial charge in [0.25, 0.3) is 5.91 Å². The van der Waals surface area contributed by atoms with E-state index in [1.165, 1.54) is 29.9 Å². The van der Waals surface area contributed by atoms with Crippen LogP contribution in [0.4, 0.5) is 11.4 Å². The number of hydrogen-bond acceptors (Lipinski definition) is 7. The van der Waals surface area contributed by atoms with Crippen LogP contribution < -0.4 is 26.4 Å². The molecule has 0 bridgehead atoms. The van der Waals surface area contributed by atoms with Gasteiger partial charge in [0, 0.05) is 41.5 Å². The summed E-state index contributed by atoms with van der Waals surface area (Å²) < 4.78 is 6.13. The molecule has 34 heavy (non-hydrogen) atoms. The maximum absolute atomic E-state index is 13.0. The number of thiophene rings is 1. The summed E-state index contributed by atoms with van der Waals surface area (Å²) in [6.07, 6.45) is 5.45. The first kappa shape index (κ1) is 21.7. The highest BCUT2D eigenvalue weighted by Gasteiger charge is 2.38. The van der Waals surface area contributed by atoms with Crippen LogP contribution >= 0.6 is 11.3 Å². The van der Waals surface area contributed by atoms with Crippen LogP contribution in [-0.2, 0) is 6.42 Å². The first-order valence-corrected chi connectivity index (χ1v) is 13.0. The summed E-state index contributed by atoms with van der Waals surface area (Å²) >= 11 is 1.34. The predicted octanol–water partition coefficient (Wildman–Crippen LogP) is 3.63. The van der Waals surface area contributed by atoms with Crippen molar-refractivity contribution in [3.63, 3.8) is 0 Å². The molecule has 0 spiro atoms. The van der Waals surface area contributed by atoms with Crippen LogP contribution in [0.5, 0.6) is 5.75 Å². The smallest absolute Gasteiger partial charge is 0.263 e. The number of nitrogens with one attached hydrogen (secondary N) is 1. The van der Waals surface area contributed by atoms with Crippen molar-refractivity contribution in [3.8, 4) is 5.75 Å². The fraction of sp³-hybridized carbons (Fsp3) is 0.462. The van der Waals surface area contributed by atoms with Crippen molar-refractivity contribution in [2.45, 2.75) is 57.2 Å². The van der Waals surface area contributed by atoms with Crippen molar-refractivity contribution < 1.29 is 9.53 Å². The first-order chi connectivity index (χ1) is 16.5. The largest absolute Gasteiger partial charge is 0.491 e. The van der Waals surface area contributed by atoms with Gasteiger partial charge in [-0.25, -0.2) is 4.98 Å². The molecule has 2 fully saturated rings. The van der Waals surface area contributed by atoms with Gasteiger partial charge in [-0.05, 0) is 68.7 Å². The maximum atomic E-state index is 13.0. The van der Waals surface area contributed by atoms with Crippen LogP contribution in [0.2, 0.25) is 0 Å². The standard InChI is InChI=1S/C26H31N5O2S/c1-14-2-7-20-23(28)24(34-26(20)29-14)25(32)30-18-10-16-4-6-19(12-22(16)33-13-18)31-9-8-15-3-5-17(27)11-21(15)31/h2,4,6-7,12,15,17-18,21H,3,5,8-11,13,27-28H2,1H3,(H,30,32)/t15-,17+,18-,21-/m1/s1. The van der Waals surface area contributed by atoms with E-state index in [0.717, 1.165) is 58.9 Å². The number of benzene rings is 1. The molecule has 4 heterocycles. The van der Waals surface area contributed by atoms with Crippen LogP contribution in [0.1, 0.15) is 46.6 Å². The first-order valence-electron chi connectivity index (χ1n) is 12.2. The van der Waals surface area contributed by atoms with Crippen molar-refractivity contribution in [2.75, 3.05) is 23.8 Å². The molecule has 4 atom stereocenters. The molecule has 3 aromatic rings. The Morgan fingerprint density at radius 2 is 2.12 bits per heavy atom. The minimum absolute atomic E-state index is 0.0994. The van der Waals surface area contributed by atoms with Gasteiger partial charge in [0.1, 0.15) is 22.1 Å². The normalized spacial score (nSPS) is 26.1. The van der Waals surface area contributed by atoms with Gasteiger partial charge in [-0.1, -0.05) is 6.07 Å². The van der Waals surface area contributed by atoms with Gasteiger partial charge >= 0.3 is 0 Å². The summed E-state index contributed by atoms with van der Waals surface area (Å²) in [6, 6.07) is 11.1. The van der Waals surface area contributed by atoms with E-state index in [-0.39, 0.29) is 11.9 Å². The lowest BCUT2D eigenvalue weighted by Gasteiger charge is -2.36. The summed E-state index contributed by atoms with van der Waals surface area (Å²) in [5.41, 5.74) is 16.3. The third-order valence-electron chi connectivity index (χ3n) is 7.70. The third kappa shape index (κ3) is 3.79. The Balaban J connectivity index is 1.15. The van der Waals surface area contributed by atoms with Crippen LogP contribution in [0, 0.1) is 12.8 Å². The summed E-state index contributed by atoms with van der Waals surface area (Å²) in [7, 11) is 0. The number of ether oxygens (including phenoxy) is 1. The fourth-order valence-corrected chi connectivity index (χ4v) is 6.93. The molecule has 1 saturated carbocycles. The number of amides is 1. The Labute approximate surface area is 203 Å². The molecule has 0 radical (unpaired) electrons. The monoisotopic (exact) mass is 477 g/mol. The van der Waals surface area contributed by atoms with E-state index in [4.69, 9.17) is 16.2 Å². The zero-order valence-corrected chi connectivity index (χ0v) is 20.2. The molecule has 8 heteroatoms. The van der Waals surface area contributed by atoms with Gasteiger partial charge in [-0.15, -0.1) is 11.3 Å². The number of carbonyl (C=O) groups excluding carboxylic acids is 1. The van der Waals surface area contributed by atoms with Gasteiger partial charge in [0.15, 0.2) is 0 Å². The molecule has 7 nitrogen and oxygen atoms in total. The lowest BCUT2D eigenvalue weighted by Crippen LogP contribution is -2.43. The molecule has 3 aliphatic rings. The molecule has 2 aromatic heterocycles. The number of nitrogens with two attached hydrogens (primary N) is 2. The number of fused-ring (bicyclic) bond motifs is 3. The SMILES string of the molecule is Cc1ccc2c(N)c(C(=O)N[C@H]3COc4cc(N5CC[C@H]6CC[C@H](N)C[C@H]65)ccc4C3)sc2n1. The number of anilines is 2. The summed E-state index contributed by atoms with van der Waals surface area (Å²) in [6.45, 7) is 3.47. The molecular weight excluding hydrogens is 446 g/mol. The lowest BCUT2D eigenvalue weighted by atomic mass is 9.82. The zero-order valence-electron chi connectivity index (χ0n) is 19.4. The predicted molar refractivity (Wildman–Crippen MR) is 137 cm³/mol. The molecule has 6 rings (SSSR count). The highest BCUT2D eigenvalue weighted by molar-refractivity contribution is 7.21. The Morgan fingerprint density at radius 1 is 1.24 bits per heavy atom. The molecule has 1 saturated heterocycles. The van der Waals surface area contributed by atoms with Crippen molar-refractivity contribution in [3.05, 3.63) is 46.5 Å². The summed E-state index contributed by atoms with van der Waals surface area (Å²) in [4.78, 5) is 21.4. The number of rotatable bonds is 3. The zero-order chi connectivity index (χ0) is 23.4. The van der Waals surface area contributed by atoms with E-state index in [9.17, 15) is 4.79 Å². The molecule has 1 aromatic carbocycles. The number of nitrogen functional groups attached to an aromatic ring is 1. The second kappa shape index (κ2) is 8.43. The number of pyridine rings is 1. The Kier molecular flexibility index (Phi) is 5.37. The number of nitrogens with zero attached hydrogens (tertiary/aromatic N) is 2. The summed E-state index contributed by atoms with van der Waals surface area (Å²) in [5, 5.41) is 3.95. The molecular formula is C26H31N5O2S. The Bertz CT molecular complexity index is 1260. The average Bonchev–Trinajstić information content (AvgIpc) is 3.39. The topological polar surface area (TPSA) is 106 Å². The Hall–Kier alpha value is -2.84. The van der Waals surface area contributed by atoms with Gasteiger partial charge in [0.2, 0.25) is 0 Å². The van der Waals surface area contributed by atoms with Crippen LogP contribution in [0.3, 0.4) is 0 Å². The van der Waals surface area contributed by atoms with Gasteiger partial charge in [0.05, 0.1) is 11.7 Å². The number of carbonyl (C=O) groups is 1. The van der Waals surface area contributed by atoms with E-state index in [2.05, 4.69) is 33.4 Å². The van der Waals surface area contributed by atoms with E-state index >= 15 is 0 Å². The van der Waals surface area contributed by atoms with Crippen molar-refractivity contribution in [2.24, 2.45) is 11.7 Å². The van der Waals surface area contributed by atoms with E-state index in [0.29, 0.717) is 29.3 Å². The van der Waals surface area contributed by atoms with Crippen LogP contribution in [-0.4, -0.2) is 42.2 Å². The van der Waals surface area contributed by atoms with Crippen molar-refractivity contribution >= 4 is 38.8 Å². The number of aryl methyl sites for hydroxylation is 1. The third-order valence-corrected chi connectivity index (χ3v) is 8.81. The molecule has 0 unspecified atom stereocenters.